The fourth-order valence-corrected chi connectivity index (χ4v) is 3.10. The van der Waals surface area contributed by atoms with Gasteiger partial charge in [0.25, 0.3) is 5.79 Å². The molecular weight excluding hydrogens is 396 g/mol. The van der Waals surface area contributed by atoms with Crippen molar-refractivity contribution in [2.75, 3.05) is 7.11 Å². The summed E-state index contributed by atoms with van der Waals surface area (Å²) in [7, 11) is 1.56. The molecule has 0 N–H and O–H groups in total. The molecule has 1 aliphatic rings. The van der Waals surface area contributed by atoms with Gasteiger partial charge in [-0.25, -0.2) is 9.59 Å². The first-order valence-electron chi connectivity index (χ1n) is 8.93. The molecule has 6 nitrogen and oxygen atoms in total. The lowest BCUT2D eigenvalue weighted by Gasteiger charge is -2.29. The lowest BCUT2D eigenvalue weighted by atomic mass is 10.1. The highest BCUT2D eigenvalue weighted by atomic mass is 35.5. The first kappa shape index (κ1) is 20.7. The number of rotatable bonds is 5. The quantitative estimate of drug-likeness (QED) is 0.407. The van der Waals surface area contributed by atoms with Gasteiger partial charge < -0.3 is 18.9 Å². The number of ether oxygens (including phenoxy) is 4. The summed E-state index contributed by atoms with van der Waals surface area (Å²) >= 11 is 5.98. The Bertz CT molecular complexity index is 971. The van der Waals surface area contributed by atoms with Crippen LogP contribution in [0.3, 0.4) is 0 Å². The molecule has 0 atom stereocenters. The van der Waals surface area contributed by atoms with E-state index in [-0.39, 0.29) is 12.2 Å². The van der Waals surface area contributed by atoms with Gasteiger partial charge in [0.05, 0.1) is 7.11 Å². The van der Waals surface area contributed by atoms with Gasteiger partial charge in [-0.15, -0.1) is 0 Å². The molecule has 3 rings (SSSR count). The van der Waals surface area contributed by atoms with Crippen LogP contribution in [0.25, 0.3) is 6.08 Å². The van der Waals surface area contributed by atoms with E-state index in [9.17, 15) is 9.59 Å². The van der Waals surface area contributed by atoms with Crippen molar-refractivity contribution in [3.63, 3.8) is 0 Å². The van der Waals surface area contributed by atoms with E-state index < -0.39 is 17.7 Å². The highest BCUT2D eigenvalue weighted by Gasteiger charge is 2.38. The number of aryl methyl sites for hydroxylation is 1. The predicted octanol–water partition coefficient (Wildman–Crippen LogP) is 4.46. The van der Waals surface area contributed by atoms with E-state index in [4.69, 9.17) is 30.5 Å². The maximum Gasteiger partial charge on any atom is 0.348 e. The molecule has 1 saturated heterocycles. The van der Waals surface area contributed by atoms with Crippen molar-refractivity contribution in [1.82, 2.24) is 0 Å². The van der Waals surface area contributed by atoms with Gasteiger partial charge in [0.2, 0.25) is 0 Å². The summed E-state index contributed by atoms with van der Waals surface area (Å²) in [6.45, 7) is 5.13. The molecule has 29 heavy (non-hydrogen) atoms. The molecule has 0 saturated carbocycles. The summed E-state index contributed by atoms with van der Waals surface area (Å²) < 4.78 is 21.5. The molecule has 1 heterocycles. The Morgan fingerprint density at radius 1 is 1.03 bits per heavy atom. The topological polar surface area (TPSA) is 71.1 Å². The van der Waals surface area contributed by atoms with Crippen LogP contribution < -0.4 is 9.47 Å². The molecule has 0 radical (unpaired) electrons. The Morgan fingerprint density at radius 2 is 1.69 bits per heavy atom. The third kappa shape index (κ3) is 4.90. The summed E-state index contributed by atoms with van der Waals surface area (Å²) in [6, 6.07) is 10.6. The molecule has 0 unspecified atom stereocenters. The molecule has 152 valence electrons. The first-order chi connectivity index (χ1) is 13.7. The van der Waals surface area contributed by atoms with Gasteiger partial charge in [-0.1, -0.05) is 17.7 Å². The molecule has 0 amide bonds. The molecule has 0 spiro atoms. The molecule has 1 aliphatic heterocycles. The minimum Gasteiger partial charge on any atom is -0.496 e. The van der Waals surface area contributed by atoms with Gasteiger partial charge in [-0.05, 0) is 54.5 Å². The van der Waals surface area contributed by atoms with E-state index in [1.165, 1.54) is 19.9 Å². The second-order valence-corrected chi connectivity index (χ2v) is 7.44. The van der Waals surface area contributed by atoms with E-state index in [0.29, 0.717) is 22.1 Å². The SMILES string of the molecule is COc1ccc(C=C2C(=O)OC(C)(C)OC2=O)cc1COc1ccc(Cl)cc1C. The van der Waals surface area contributed by atoms with Gasteiger partial charge in [0, 0.05) is 24.4 Å². The molecule has 2 aromatic carbocycles. The molecule has 0 bridgehead atoms. The minimum absolute atomic E-state index is 0.171. The van der Waals surface area contributed by atoms with Crippen LogP contribution in [0.2, 0.25) is 5.02 Å². The van der Waals surface area contributed by atoms with Gasteiger partial charge >= 0.3 is 11.9 Å². The zero-order valence-electron chi connectivity index (χ0n) is 16.6. The van der Waals surface area contributed by atoms with Crippen LogP contribution in [0.4, 0.5) is 0 Å². The average molecular weight is 417 g/mol. The second-order valence-electron chi connectivity index (χ2n) is 7.01. The number of esters is 2. The largest absolute Gasteiger partial charge is 0.496 e. The van der Waals surface area contributed by atoms with E-state index in [0.717, 1.165) is 11.1 Å². The van der Waals surface area contributed by atoms with Gasteiger partial charge in [0.15, 0.2) is 0 Å². The maximum atomic E-state index is 12.2. The molecular formula is C22H21ClO6. The normalized spacial score (nSPS) is 15.4. The fraction of sp³-hybridized carbons (Fsp3) is 0.273. The maximum absolute atomic E-state index is 12.2. The molecule has 0 aromatic heterocycles. The lowest BCUT2D eigenvalue weighted by Crippen LogP contribution is -2.41. The smallest absolute Gasteiger partial charge is 0.348 e. The molecule has 2 aromatic rings. The Balaban J connectivity index is 1.85. The summed E-state index contributed by atoms with van der Waals surface area (Å²) in [5.74, 6) is -1.41. The zero-order chi connectivity index (χ0) is 21.2. The van der Waals surface area contributed by atoms with E-state index in [1.54, 1.807) is 37.4 Å². The first-order valence-corrected chi connectivity index (χ1v) is 9.30. The molecule has 7 heteroatoms. The number of carbonyl (C=O) groups excluding carboxylic acids is 2. The number of benzene rings is 2. The van der Waals surface area contributed by atoms with Gasteiger partial charge in [-0.3, -0.25) is 0 Å². The van der Waals surface area contributed by atoms with Crippen molar-refractivity contribution in [1.29, 1.82) is 0 Å². The zero-order valence-corrected chi connectivity index (χ0v) is 17.3. The lowest BCUT2D eigenvalue weighted by molar-refractivity contribution is -0.222. The fourth-order valence-electron chi connectivity index (χ4n) is 2.88. The van der Waals surface area contributed by atoms with Gasteiger partial charge in [0.1, 0.15) is 23.7 Å². The third-order valence-corrected chi connectivity index (χ3v) is 4.49. The van der Waals surface area contributed by atoms with Crippen molar-refractivity contribution in [2.24, 2.45) is 0 Å². The highest BCUT2D eigenvalue weighted by molar-refractivity contribution is 6.30. The van der Waals surface area contributed by atoms with Crippen molar-refractivity contribution in [3.05, 3.63) is 63.7 Å². The number of cyclic esters (lactones) is 2. The monoisotopic (exact) mass is 416 g/mol. The van der Waals surface area contributed by atoms with Crippen LogP contribution in [-0.4, -0.2) is 24.8 Å². The summed E-state index contributed by atoms with van der Waals surface area (Å²) in [5.41, 5.74) is 2.09. The minimum atomic E-state index is -1.28. The van der Waals surface area contributed by atoms with Crippen LogP contribution >= 0.6 is 11.6 Å². The van der Waals surface area contributed by atoms with Crippen LogP contribution in [0.15, 0.2) is 42.0 Å². The Kier molecular flexibility index (Phi) is 5.84. The Hall–Kier alpha value is -2.99. The molecule has 1 fully saturated rings. The van der Waals surface area contributed by atoms with Crippen LogP contribution in [0.1, 0.15) is 30.5 Å². The molecule has 0 aliphatic carbocycles. The van der Waals surface area contributed by atoms with Crippen molar-refractivity contribution in [2.45, 2.75) is 33.2 Å². The number of carbonyl (C=O) groups is 2. The summed E-state index contributed by atoms with van der Waals surface area (Å²) in [4.78, 5) is 24.3. The van der Waals surface area contributed by atoms with Crippen LogP contribution in [0.5, 0.6) is 11.5 Å². The standard InChI is InChI=1S/C22H21ClO6/c1-13-9-16(23)6-8-18(13)27-12-15-10-14(5-7-19(15)26-4)11-17-20(24)28-22(2,3)29-21(17)25/h5-11H,12H2,1-4H3. The van der Waals surface area contributed by atoms with E-state index in [1.807, 2.05) is 13.0 Å². The Morgan fingerprint density at radius 3 is 2.31 bits per heavy atom. The summed E-state index contributed by atoms with van der Waals surface area (Å²) in [5, 5.41) is 0.635. The van der Waals surface area contributed by atoms with Gasteiger partial charge in [-0.2, -0.15) is 0 Å². The van der Waals surface area contributed by atoms with Crippen molar-refractivity contribution >= 4 is 29.6 Å². The Labute approximate surface area is 174 Å². The number of hydrogen-bond donors (Lipinski definition) is 0. The number of halogens is 1. The number of methoxy groups -OCH3 is 1. The highest BCUT2D eigenvalue weighted by Crippen LogP contribution is 2.28. The van der Waals surface area contributed by atoms with E-state index >= 15 is 0 Å². The van der Waals surface area contributed by atoms with Crippen molar-refractivity contribution in [3.8, 4) is 11.5 Å². The summed E-state index contributed by atoms with van der Waals surface area (Å²) in [6.07, 6.45) is 1.43. The second kappa shape index (κ2) is 8.17. The predicted molar refractivity (Wildman–Crippen MR) is 108 cm³/mol. The number of hydrogen-bond acceptors (Lipinski definition) is 6. The van der Waals surface area contributed by atoms with E-state index in [2.05, 4.69) is 0 Å². The average Bonchev–Trinajstić information content (AvgIpc) is 2.63. The van der Waals surface area contributed by atoms with Crippen LogP contribution in [0, 0.1) is 6.92 Å². The van der Waals surface area contributed by atoms with Crippen molar-refractivity contribution < 1.29 is 28.5 Å². The third-order valence-electron chi connectivity index (χ3n) is 4.25. The van der Waals surface area contributed by atoms with Crippen LogP contribution in [-0.2, 0) is 25.7 Å².